The Morgan fingerprint density at radius 3 is 2.39 bits per heavy atom. The summed E-state index contributed by atoms with van der Waals surface area (Å²) in [7, 11) is 0. The molecule has 2 aromatic carbocycles. The zero-order chi connectivity index (χ0) is 20.0. The van der Waals surface area contributed by atoms with Crippen LogP contribution in [-0.2, 0) is 10.4 Å². The molecular weight excluding hydrogens is 352 g/mol. The number of ether oxygens (including phenoxy) is 1. The minimum atomic E-state index is -0.902. The van der Waals surface area contributed by atoms with E-state index in [-0.39, 0.29) is 5.41 Å². The lowest BCUT2D eigenvalue weighted by Gasteiger charge is -2.42. The van der Waals surface area contributed by atoms with Gasteiger partial charge in [0.05, 0.1) is 5.60 Å². The van der Waals surface area contributed by atoms with E-state index in [9.17, 15) is 9.90 Å². The van der Waals surface area contributed by atoms with Crippen LogP contribution in [0.5, 0.6) is 11.5 Å². The summed E-state index contributed by atoms with van der Waals surface area (Å²) in [5, 5.41) is 20.0. The largest absolute Gasteiger partial charge is 0.478 e. The molecule has 0 atom stereocenters. The van der Waals surface area contributed by atoms with Gasteiger partial charge >= 0.3 is 5.97 Å². The van der Waals surface area contributed by atoms with Crippen LogP contribution in [0.25, 0.3) is 0 Å². The number of carbonyl (C=O) groups is 1. The van der Waals surface area contributed by atoms with Gasteiger partial charge in [-0.2, -0.15) is 0 Å². The summed E-state index contributed by atoms with van der Waals surface area (Å²) in [6.45, 7) is 2.23. The SMILES string of the molecule is CC1(CC/C=C/C(=O)O)CCC(O)(c2cccc(Oc3ccccc3)c2)CC1. The molecule has 0 bridgehead atoms. The van der Waals surface area contributed by atoms with Crippen molar-refractivity contribution in [2.45, 2.75) is 51.0 Å². The standard InChI is InChI=1S/C24H28O4/c1-23(13-6-5-12-22(25)26)14-16-24(27,17-15-23)19-8-7-11-21(18-19)28-20-9-3-2-4-10-20/h2-5,7-12,18,27H,6,13-17H2,1H3,(H,25,26)/b12-5+. The van der Waals surface area contributed by atoms with Crippen molar-refractivity contribution in [1.29, 1.82) is 0 Å². The Labute approximate surface area is 166 Å². The molecule has 0 radical (unpaired) electrons. The first-order chi connectivity index (χ1) is 13.4. The van der Waals surface area contributed by atoms with Gasteiger partial charge in [0, 0.05) is 6.08 Å². The number of aliphatic carboxylic acids is 1. The maximum Gasteiger partial charge on any atom is 0.327 e. The van der Waals surface area contributed by atoms with Gasteiger partial charge in [0.1, 0.15) is 11.5 Å². The fraction of sp³-hybridized carbons (Fsp3) is 0.375. The average molecular weight is 380 g/mol. The van der Waals surface area contributed by atoms with Crippen LogP contribution in [0.2, 0.25) is 0 Å². The summed E-state index contributed by atoms with van der Waals surface area (Å²) < 4.78 is 5.91. The molecule has 0 saturated heterocycles. The monoisotopic (exact) mass is 380 g/mol. The molecule has 0 spiro atoms. The topological polar surface area (TPSA) is 66.8 Å². The first-order valence-corrected chi connectivity index (χ1v) is 9.84. The zero-order valence-corrected chi connectivity index (χ0v) is 16.3. The van der Waals surface area contributed by atoms with Crippen LogP contribution in [0.15, 0.2) is 66.7 Å². The second kappa shape index (κ2) is 8.61. The Morgan fingerprint density at radius 2 is 1.71 bits per heavy atom. The van der Waals surface area contributed by atoms with Gasteiger partial charge in [-0.05, 0) is 73.8 Å². The summed E-state index contributed by atoms with van der Waals surface area (Å²) in [6.07, 6.45) is 7.83. The average Bonchev–Trinajstić information content (AvgIpc) is 2.69. The van der Waals surface area contributed by atoms with E-state index in [1.165, 1.54) is 6.08 Å². The Morgan fingerprint density at radius 1 is 1.04 bits per heavy atom. The number of carboxylic acid groups (broad SMARTS) is 1. The van der Waals surface area contributed by atoms with E-state index in [1.54, 1.807) is 6.08 Å². The highest BCUT2D eigenvalue weighted by Crippen LogP contribution is 2.48. The van der Waals surface area contributed by atoms with Crippen molar-refractivity contribution in [1.82, 2.24) is 0 Å². The summed E-state index contributed by atoms with van der Waals surface area (Å²) in [5.41, 5.74) is 0.188. The van der Waals surface area contributed by atoms with E-state index in [0.717, 1.165) is 42.7 Å². The fourth-order valence-corrected chi connectivity index (χ4v) is 3.90. The Kier molecular flexibility index (Phi) is 6.20. The van der Waals surface area contributed by atoms with Crippen LogP contribution in [0.1, 0.15) is 51.0 Å². The quantitative estimate of drug-likeness (QED) is 0.608. The predicted octanol–water partition coefficient (Wildman–Crippen LogP) is 5.67. The lowest BCUT2D eigenvalue weighted by Crippen LogP contribution is -2.35. The molecule has 0 aromatic heterocycles. The van der Waals surface area contributed by atoms with E-state index in [4.69, 9.17) is 9.84 Å². The van der Waals surface area contributed by atoms with Gasteiger partial charge in [-0.15, -0.1) is 0 Å². The molecule has 1 aliphatic carbocycles. The van der Waals surface area contributed by atoms with E-state index in [1.807, 2.05) is 54.6 Å². The van der Waals surface area contributed by atoms with Crippen LogP contribution in [0.4, 0.5) is 0 Å². The van der Waals surface area contributed by atoms with Crippen molar-refractivity contribution in [3.05, 3.63) is 72.3 Å². The number of carboxylic acids is 1. The van der Waals surface area contributed by atoms with E-state index in [0.29, 0.717) is 12.8 Å². The van der Waals surface area contributed by atoms with Gasteiger partial charge < -0.3 is 14.9 Å². The smallest absolute Gasteiger partial charge is 0.327 e. The normalized spacial score (nSPS) is 24.9. The number of rotatable bonds is 7. The van der Waals surface area contributed by atoms with Crippen LogP contribution < -0.4 is 4.74 Å². The predicted molar refractivity (Wildman–Crippen MR) is 109 cm³/mol. The van der Waals surface area contributed by atoms with Gasteiger partial charge in [-0.25, -0.2) is 4.79 Å². The molecule has 0 heterocycles. The lowest BCUT2D eigenvalue weighted by atomic mass is 9.66. The van der Waals surface area contributed by atoms with E-state index in [2.05, 4.69) is 6.92 Å². The molecule has 4 nitrogen and oxygen atoms in total. The van der Waals surface area contributed by atoms with Crippen molar-refractivity contribution in [3.63, 3.8) is 0 Å². The first kappa shape index (κ1) is 20.2. The van der Waals surface area contributed by atoms with Crippen LogP contribution in [0.3, 0.4) is 0 Å². The molecule has 3 rings (SSSR count). The minimum absolute atomic E-state index is 0.132. The highest BCUT2D eigenvalue weighted by Gasteiger charge is 2.39. The van der Waals surface area contributed by atoms with Crippen LogP contribution in [0, 0.1) is 5.41 Å². The van der Waals surface area contributed by atoms with Crippen molar-refractivity contribution in [3.8, 4) is 11.5 Å². The molecular formula is C24H28O4. The Balaban J connectivity index is 1.63. The molecule has 4 heteroatoms. The molecule has 28 heavy (non-hydrogen) atoms. The summed E-state index contributed by atoms with van der Waals surface area (Å²) in [5.74, 6) is 0.599. The van der Waals surface area contributed by atoms with E-state index < -0.39 is 11.6 Å². The van der Waals surface area contributed by atoms with E-state index >= 15 is 0 Å². The van der Waals surface area contributed by atoms with Gasteiger partial charge in [0.15, 0.2) is 0 Å². The molecule has 0 aliphatic heterocycles. The number of hydrogen-bond donors (Lipinski definition) is 2. The number of hydrogen-bond acceptors (Lipinski definition) is 3. The van der Waals surface area contributed by atoms with Crippen LogP contribution in [-0.4, -0.2) is 16.2 Å². The van der Waals surface area contributed by atoms with Gasteiger partial charge in [0.2, 0.25) is 0 Å². The van der Waals surface area contributed by atoms with Crippen molar-refractivity contribution in [2.75, 3.05) is 0 Å². The molecule has 148 valence electrons. The molecule has 2 N–H and O–H groups in total. The van der Waals surface area contributed by atoms with Gasteiger partial charge in [0.25, 0.3) is 0 Å². The van der Waals surface area contributed by atoms with Crippen molar-refractivity contribution >= 4 is 5.97 Å². The second-order valence-corrected chi connectivity index (χ2v) is 8.06. The number of allylic oxidation sites excluding steroid dienone is 1. The first-order valence-electron chi connectivity index (χ1n) is 9.84. The fourth-order valence-electron chi connectivity index (χ4n) is 3.90. The molecule has 0 amide bonds. The molecule has 1 fully saturated rings. The lowest BCUT2D eigenvalue weighted by molar-refractivity contribution is -0.131. The third-order valence-electron chi connectivity index (χ3n) is 5.81. The van der Waals surface area contributed by atoms with Crippen molar-refractivity contribution < 1.29 is 19.7 Å². The maximum atomic E-state index is 11.3. The minimum Gasteiger partial charge on any atom is -0.478 e. The highest BCUT2D eigenvalue weighted by atomic mass is 16.5. The van der Waals surface area contributed by atoms with Crippen molar-refractivity contribution in [2.24, 2.45) is 5.41 Å². The maximum absolute atomic E-state index is 11.3. The third-order valence-corrected chi connectivity index (χ3v) is 5.81. The number of aliphatic hydroxyl groups is 1. The highest BCUT2D eigenvalue weighted by molar-refractivity contribution is 5.79. The molecule has 0 unspecified atom stereocenters. The summed E-state index contributed by atoms with van der Waals surface area (Å²) >= 11 is 0. The molecule has 1 saturated carbocycles. The number of benzene rings is 2. The van der Waals surface area contributed by atoms with Gasteiger partial charge in [-0.1, -0.05) is 43.3 Å². The molecule has 2 aromatic rings. The Hall–Kier alpha value is -2.59. The molecule has 1 aliphatic rings. The zero-order valence-electron chi connectivity index (χ0n) is 16.3. The third kappa shape index (κ3) is 5.23. The summed E-state index contributed by atoms with van der Waals surface area (Å²) in [4.78, 5) is 10.6. The van der Waals surface area contributed by atoms with Crippen LogP contribution >= 0.6 is 0 Å². The van der Waals surface area contributed by atoms with Gasteiger partial charge in [-0.3, -0.25) is 0 Å². The Bertz CT molecular complexity index is 818. The number of para-hydroxylation sites is 1. The summed E-state index contributed by atoms with van der Waals surface area (Å²) in [6, 6.07) is 17.4. The second-order valence-electron chi connectivity index (χ2n) is 8.06.